The molecule has 0 amide bonds. The fourth-order valence-corrected chi connectivity index (χ4v) is 3.45. The van der Waals surface area contributed by atoms with Gasteiger partial charge in [-0.3, -0.25) is 0 Å². The Morgan fingerprint density at radius 2 is 1.93 bits per heavy atom. The van der Waals surface area contributed by atoms with E-state index in [4.69, 9.17) is 0 Å². The van der Waals surface area contributed by atoms with Crippen LogP contribution in [0.2, 0.25) is 5.32 Å². The zero-order valence-electron chi connectivity index (χ0n) is 8.16. The minimum atomic E-state index is 0.690. The van der Waals surface area contributed by atoms with Crippen LogP contribution in [0.3, 0.4) is 0 Å². The SMILES string of the molecule is I/C=C/CCCC[Se]c1ccccc1. The first-order valence-electron chi connectivity index (χ1n) is 4.86. The summed E-state index contributed by atoms with van der Waals surface area (Å²) in [5.41, 5.74) is 0. The van der Waals surface area contributed by atoms with E-state index in [2.05, 4.69) is 63.1 Å². The third-order valence-corrected chi connectivity index (χ3v) is 4.68. The Morgan fingerprint density at radius 1 is 1.14 bits per heavy atom. The van der Waals surface area contributed by atoms with Crippen molar-refractivity contribution >= 4 is 42.0 Å². The average molecular weight is 365 g/mol. The maximum absolute atomic E-state index is 2.28. The molecule has 0 aliphatic carbocycles. The predicted octanol–water partition coefficient (Wildman–Crippen LogP) is 3.55. The van der Waals surface area contributed by atoms with Gasteiger partial charge in [0, 0.05) is 0 Å². The van der Waals surface area contributed by atoms with Gasteiger partial charge in [-0.1, -0.05) is 0 Å². The number of hydrogen-bond donors (Lipinski definition) is 0. The van der Waals surface area contributed by atoms with Gasteiger partial charge in [0.25, 0.3) is 0 Å². The molecule has 1 aromatic carbocycles. The summed E-state index contributed by atoms with van der Waals surface area (Å²) in [6.45, 7) is 0. The van der Waals surface area contributed by atoms with Gasteiger partial charge in [-0.05, 0) is 0 Å². The third kappa shape index (κ3) is 5.84. The van der Waals surface area contributed by atoms with Crippen LogP contribution in [0.25, 0.3) is 0 Å². The van der Waals surface area contributed by atoms with Crippen molar-refractivity contribution in [2.45, 2.75) is 24.6 Å². The van der Waals surface area contributed by atoms with E-state index in [-0.39, 0.29) is 0 Å². The first kappa shape index (κ1) is 12.3. The van der Waals surface area contributed by atoms with Gasteiger partial charge < -0.3 is 0 Å². The zero-order valence-corrected chi connectivity index (χ0v) is 12.0. The summed E-state index contributed by atoms with van der Waals surface area (Å²) in [6.07, 6.45) is 6.20. The van der Waals surface area contributed by atoms with Crippen molar-refractivity contribution in [3.05, 3.63) is 40.5 Å². The molecule has 0 bridgehead atoms. The Hall–Kier alpha value is 0.209. The van der Waals surface area contributed by atoms with Crippen LogP contribution in [0.15, 0.2) is 40.5 Å². The molecule has 2 heteroatoms. The molecule has 14 heavy (non-hydrogen) atoms. The normalized spacial score (nSPS) is 10.9. The Bertz CT molecular complexity index is 256. The van der Waals surface area contributed by atoms with Crippen molar-refractivity contribution in [2.75, 3.05) is 0 Å². The van der Waals surface area contributed by atoms with Crippen LogP contribution in [-0.2, 0) is 0 Å². The summed E-state index contributed by atoms with van der Waals surface area (Å²) in [7, 11) is 0. The molecule has 0 aromatic heterocycles. The van der Waals surface area contributed by atoms with E-state index >= 15 is 0 Å². The monoisotopic (exact) mass is 366 g/mol. The van der Waals surface area contributed by atoms with Gasteiger partial charge in [-0.2, -0.15) is 0 Å². The van der Waals surface area contributed by atoms with Crippen LogP contribution < -0.4 is 4.46 Å². The van der Waals surface area contributed by atoms with Crippen LogP contribution in [0.1, 0.15) is 19.3 Å². The van der Waals surface area contributed by atoms with Crippen LogP contribution in [0, 0.1) is 0 Å². The first-order chi connectivity index (χ1) is 6.93. The Labute approximate surface area is 106 Å². The Kier molecular flexibility index (Phi) is 7.47. The van der Waals surface area contributed by atoms with Crippen molar-refractivity contribution in [1.29, 1.82) is 0 Å². The Morgan fingerprint density at radius 3 is 2.64 bits per heavy atom. The van der Waals surface area contributed by atoms with E-state index in [0.717, 1.165) is 0 Å². The molecular formula is C12H15ISe. The van der Waals surface area contributed by atoms with Crippen LogP contribution in [0.4, 0.5) is 0 Å². The number of halogens is 1. The second kappa shape index (κ2) is 8.51. The molecule has 76 valence electrons. The van der Waals surface area contributed by atoms with Gasteiger partial charge in [0.15, 0.2) is 0 Å². The average Bonchev–Trinajstić information content (AvgIpc) is 2.25. The van der Waals surface area contributed by atoms with Crippen molar-refractivity contribution in [1.82, 2.24) is 0 Å². The molecule has 0 N–H and O–H groups in total. The van der Waals surface area contributed by atoms with Gasteiger partial charge in [0.2, 0.25) is 0 Å². The molecule has 0 fully saturated rings. The van der Waals surface area contributed by atoms with Crippen LogP contribution >= 0.6 is 22.6 Å². The van der Waals surface area contributed by atoms with Gasteiger partial charge in [-0.25, -0.2) is 0 Å². The van der Waals surface area contributed by atoms with Crippen LogP contribution in [-0.4, -0.2) is 15.0 Å². The topological polar surface area (TPSA) is 0 Å². The molecule has 0 saturated carbocycles. The fraction of sp³-hybridized carbons (Fsp3) is 0.333. The van der Waals surface area contributed by atoms with Crippen molar-refractivity contribution in [3.8, 4) is 0 Å². The van der Waals surface area contributed by atoms with Gasteiger partial charge in [0.05, 0.1) is 0 Å². The molecule has 0 heterocycles. The molecule has 0 aliphatic heterocycles. The summed E-state index contributed by atoms with van der Waals surface area (Å²) in [4.78, 5) is 0. The van der Waals surface area contributed by atoms with E-state index in [1.807, 2.05) is 0 Å². The van der Waals surface area contributed by atoms with E-state index in [9.17, 15) is 0 Å². The summed E-state index contributed by atoms with van der Waals surface area (Å²) in [5, 5.41) is 1.38. The molecular weight excluding hydrogens is 350 g/mol. The Balaban J connectivity index is 2.05. The summed E-state index contributed by atoms with van der Waals surface area (Å²) < 4.78 is 3.64. The maximum atomic E-state index is 2.28. The second-order valence-corrected chi connectivity index (χ2v) is 6.19. The quantitative estimate of drug-likeness (QED) is 0.411. The molecule has 1 rings (SSSR count). The van der Waals surface area contributed by atoms with E-state index in [1.165, 1.54) is 29.0 Å². The van der Waals surface area contributed by atoms with Gasteiger partial charge >= 0.3 is 107 Å². The fourth-order valence-electron chi connectivity index (χ4n) is 1.13. The summed E-state index contributed by atoms with van der Waals surface area (Å²) in [5.74, 6) is 0. The minimum absolute atomic E-state index is 0.690. The third-order valence-electron chi connectivity index (χ3n) is 1.87. The number of unbranched alkanes of at least 4 members (excludes halogenated alkanes) is 2. The molecule has 0 radical (unpaired) electrons. The molecule has 0 aliphatic rings. The molecule has 0 spiro atoms. The predicted molar refractivity (Wildman–Crippen MR) is 73.6 cm³/mol. The van der Waals surface area contributed by atoms with E-state index in [0.29, 0.717) is 15.0 Å². The molecule has 0 unspecified atom stereocenters. The van der Waals surface area contributed by atoms with Crippen molar-refractivity contribution in [2.24, 2.45) is 0 Å². The standard InChI is InChI=1S/C12H15ISe/c13-10-6-1-2-7-11-14-12-8-4-3-5-9-12/h3-6,8-10H,1-2,7,11H2/b10-6+. The molecule has 1 aromatic rings. The zero-order chi connectivity index (χ0) is 10.1. The summed E-state index contributed by atoms with van der Waals surface area (Å²) in [6, 6.07) is 10.8. The number of rotatable bonds is 6. The van der Waals surface area contributed by atoms with Crippen molar-refractivity contribution < 1.29 is 0 Å². The van der Waals surface area contributed by atoms with E-state index in [1.54, 1.807) is 0 Å². The summed E-state index contributed by atoms with van der Waals surface area (Å²) >= 11 is 2.97. The number of benzene rings is 1. The number of hydrogen-bond acceptors (Lipinski definition) is 0. The van der Waals surface area contributed by atoms with Crippen LogP contribution in [0.5, 0.6) is 0 Å². The number of allylic oxidation sites excluding steroid dienone is 1. The van der Waals surface area contributed by atoms with Gasteiger partial charge in [0.1, 0.15) is 0 Å². The van der Waals surface area contributed by atoms with Crippen molar-refractivity contribution in [3.63, 3.8) is 0 Å². The molecule has 0 nitrogen and oxygen atoms in total. The first-order valence-corrected chi connectivity index (χ1v) is 8.18. The second-order valence-electron chi connectivity index (χ2n) is 3.02. The molecule has 0 saturated heterocycles. The van der Waals surface area contributed by atoms with E-state index < -0.39 is 0 Å². The molecule has 0 atom stereocenters. The van der Waals surface area contributed by atoms with Gasteiger partial charge in [-0.15, -0.1) is 0 Å².